The first-order valence-electron chi connectivity index (χ1n) is 5.74. The summed E-state index contributed by atoms with van der Waals surface area (Å²) in [6.07, 6.45) is 1.02. The molecule has 0 amide bonds. The van der Waals surface area contributed by atoms with Crippen molar-refractivity contribution < 1.29 is 28.0 Å². The minimum Gasteiger partial charge on any atom is -0.756 e. The van der Waals surface area contributed by atoms with Crippen molar-refractivity contribution in [2.75, 3.05) is 13.2 Å². The summed E-state index contributed by atoms with van der Waals surface area (Å²) in [5, 5.41) is 0. The molecule has 0 aliphatic carbocycles. The van der Waals surface area contributed by atoms with Crippen LogP contribution in [-0.4, -0.2) is 25.3 Å². The molecule has 0 aromatic heterocycles. The van der Waals surface area contributed by atoms with Crippen molar-refractivity contribution in [3.05, 3.63) is 0 Å². The zero-order valence-electron chi connectivity index (χ0n) is 10.5. The molecule has 102 valence electrons. The maximum atomic E-state index is 11.1. The smallest absolute Gasteiger partial charge is 0.305 e. The Balaban J connectivity index is 4.16. The molecular weight excluding hydrogens is 247 g/mol. The molecule has 6 nitrogen and oxygen atoms in total. The predicted molar refractivity (Wildman–Crippen MR) is 60.3 cm³/mol. The summed E-state index contributed by atoms with van der Waals surface area (Å²) in [6.45, 7) is 4.96. The molecule has 0 N–H and O–H groups in total. The summed E-state index contributed by atoms with van der Waals surface area (Å²) >= 11 is 0. The molecule has 2 unspecified atom stereocenters. The van der Waals surface area contributed by atoms with Crippen LogP contribution in [-0.2, 0) is 23.1 Å². The number of phosphoric acid groups is 1. The number of esters is 1. The van der Waals surface area contributed by atoms with Crippen LogP contribution in [0.5, 0.6) is 0 Å². The molecule has 0 aliphatic heterocycles. The second-order valence-corrected chi connectivity index (χ2v) is 4.83. The normalized spacial score (nSPS) is 16.2. The van der Waals surface area contributed by atoms with E-state index in [0.717, 1.165) is 6.42 Å². The second-order valence-electron chi connectivity index (χ2n) is 3.41. The lowest BCUT2D eigenvalue weighted by atomic mass is 10.2. The van der Waals surface area contributed by atoms with Gasteiger partial charge in [0.05, 0.1) is 13.2 Å². The van der Waals surface area contributed by atoms with Gasteiger partial charge < -0.3 is 18.7 Å². The van der Waals surface area contributed by atoms with Crippen LogP contribution in [0.15, 0.2) is 0 Å². The largest absolute Gasteiger partial charge is 0.756 e. The highest BCUT2D eigenvalue weighted by Gasteiger charge is 2.17. The lowest BCUT2D eigenvalue weighted by molar-refractivity contribution is -0.227. The maximum absolute atomic E-state index is 11.1. The molecule has 0 saturated carbocycles. The van der Waals surface area contributed by atoms with Gasteiger partial charge in [0.2, 0.25) is 0 Å². The molecule has 0 bridgehead atoms. The van der Waals surface area contributed by atoms with Crippen molar-refractivity contribution in [3.63, 3.8) is 0 Å². The predicted octanol–water partition coefficient (Wildman–Crippen LogP) is 1.63. The zero-order valence-corrected chi connectivity index (χ0v) is 11.4. The quantitative estimate of drug-likeness (QED) is 0.466. The van der Waals surface area contributed by atoms with Crippen LogP contribution < -0.4 is 4.89 Å². The highest BCUT2D eigenvalue weighted by molar-refractivity contribution is 7.45. The average Bonchev–Trinajstić information content (AvgIpc) is 2.26. The fourth-order valence-electron chi connectivity index (χ4n) is 1.14. The van der Waals surface area contributed by atoms with E-state index in [4.69, 9.17) is 4.74 Å². The molecule has 0 heterocycles. The van der Waals surface area contributed by atoms with Gasteiger partial charge in [0.25, 0.3) is 7.82 Å². The number of phosphoric ester groups is 1. The van der Waals surface area contributed by atoms with E-state index in [2.05, 4.69) is 9.05 Å². The van der Waals surface area contributed by atoms with Gasteiger partial charge in [0.15, 0.2) is 0 Å². The molecule has 0 spiro atoms. The van der Waals surface area contributed by atoms with Crippen molar-refractivity contribution in [2.24, 2.45) is 0 Å². The number of hydrogen-bond donors (Lipinski definition) is 0. The monoisotopic (exact) mass is 267 g/mol. The molecule has 0 aliphatic rings. The Kier molecular flexibility index (Phi) is 8.43. The molecular formula is C10H20O6P-. The van der Waals surface area contributed by atoms with Crippen LogP contribution in [0.3, 0.4) is 0 Å². The maximum Gasteiger partial charge on any atom is 0.305 e. The van der Waals surface area contributed by atoms with Gasteiger partial charge in [-0.15, -0.1) is 0 Å². The summed E-state index contributed by atoms with van der Waals surface area (Å²) < 4.78 is 25.2. The highest BCUT2D eigenvalue weighted by atomic mass is 31.2. The highest BCUT2D eigenvalue weighted by Crippen LogP contribution is 2.38. The first-order valence-corrected chi connectivity index (χ1v) is 7.20. The molecule has 0 aromatic rings. The van der Waals surface area contributed by atoms with Gasteiger partial charge in [0.1, 0.15) is 6.10 Å². The molecule has 2 atom stereocenters. The fraction of sp³-hybridized carbons (Fsp3) is 0.900. The SMILES string of the molecule is CCCC(COP(=O)([O-])OCC)OC(=O)CC. The third-order valence-corrected chi connectivity index (χ3v) is 2.94. The number of rotatable bonds is 9. The van der Waals surface area contributed by atoms with Gasteiger partial charge in [0, 0.05) is 6.42 Å². The summed E-state index contributed by atoms with van der Waals surface area (Å²) in [5.74, 6) is -0.371. The zero-order chi connectivity index (χ0) is 13.3. The van der Waals surface area contributed by atoms with Gasteiger partial charge >= 0.3 is 5.97 Å². The number of hydrogen-bond acceptors (Lipinski definition) is 6. The van der Waals surface area contributed by atoms with Crippen molar-refractivity contribution in [1.29, 1.82) is 0 Å². The standard InChI is InChI=1S/C10H21O6P/c1-4-7-9(16-10(11)5-2)8-15-17(12,13)14-6-3/h9H,4-8H2,1-3H3,(H,12,13)/p-1. The van der Waals surface area contributed by atoms with Gasteiger partial charge in [-0.2, -0.15) is 0 Å². The van der Waals surface area contributed by atoms with Gasteiger partial charge in [-0.05, 0) is 13.3 Å². The van der Waals surface area contributed by atoms with Crippen molar-refractivity contribution in [3.8, 4) is 0 Å². The fourth-order valence-corrected chi connectivity index (χ4v) is 1.88. The van der Waals surface area contributed by atoms with Crippen molar-refractivity contribution >= 4 is 13.8 Å². The first-order chi connectivity index (χ1) is 7.95. The molecule has 17 heavy (non-hydrogen) atoms. The minimum absolute atomic E-state index is 0.0218. The third-order valence-electron chi connectivity index (χ3n) is 1.90. The Bertz CT molecular complexity index is 268. The van der Waals surface area contributed by atoms with Gasteiger partial charge in [-0.3, -0.25) is 9.36 Å². The van der Waals surface area contributed by atoms with E-state index in [9.17, 15) is 14.3 Å². The van der Waals surface area contributed by atoms with Crippen LogP contribution in [0.4, 0.5) is 0 Å². The Hall–Kier alpha value is -0.420. The summed E-state index contributed by atoms with van der Waals surface area (Å²) in [7, 11) is -4.26. The van der Waals surface area contributed by atoms with Crippen LogP contribution in [0, 0.1) is 0 Å². The van der Waals surface area contributed by atoms with Gasteiger partial charge in [-0.1, -0.05) is 20.3 Å². The number of carbonyl (C=O) groups excluding carboxylic acids is 1. The molecule has 0 fully saturated rings. The van der Waals surface area contributed by atoms with Crippen molar-refractivity contribution in [1.82, 2.24) is 0 Å². The molecule has 0 saturated heterocycles. The second kappa shape index (κ2) is 8.64. The van der Waals surface area contributed by atoms with E-state index in [0.29, 0.717) is 6.42 Å². The minimum atomic E-state index is -4.26. The Morgan fingerprint density at radius 1 is 1.29 bits per heavy atom. The average molecular weight is 267 g/mol. The van der Waals surface area contributed by atoms with E-state index < -0.39 is 13.9 Å². The molecule has 7 heteroatoms. The number of ether oxygens (including phenoxy) is 1. The van der Waals surface area contributed by atoms with Crippen molar-refractivity contribution in [2.45, 2.75) is 46.1 Å². The lowest BCUT2D eigenvalue weighted by Crippen LogP contribution is -2.24. The summed E-state index contributed by atoms with van der Waals surface area (Å²) in [6, 6.07) is 0. The topological polar surface area (TPSA) is 84.9 Å². The van der Waals surface area contributed by atoms with Crippen LogP contribution in [0.25, 0.3) is 0 Å². The molecule has 0 aromatic carbocycles. The molecule has 0 radical (unpaired) electrons. The van der Waals surface area contributed by atoms with E-state index in [1.807, 2.05) is 6.92 Å². The Labute approximate surface area is 102 Å². The van der Waals surface area contributed by atoms with E-state index in [-0.39, 0.29) is 25.6 Å². The molecule has 0 rings (SSSR count). The van der Waals surface area contributed by atoms with Crippen LogP contribution in [0.1, 0.15) is 40.0 Å². The van der Waals surface area contributed by atoms with Crippen LogP contribution in [0.2, 0.25) is 0 Å². The number of carbonyl (C=O) groups is 1. The van der Waals surface area contributed by atoms with E-state index >= 15 is 0 Å². The summed E-state index contributed by atoms with van der Waals surface area (Å²) in [4.78, 5) is 22.2. The van der Waals surface area contributed by atoms with E-state index in [1.54, 1.807) is 13.8 Å². The van der Waals surface area contributed by atoms with Crippen LogP contribution >= 0.6 is 7.82 Å². The lowest BCUT2D eigenvalue weighted by Gasteiger charge is -2.25. The first kappa shape index (κ1) is 16.6. The Morgan fingerprint density at radius 3 is 2.41 bits per heavy atom. The summed E-state index contributed by atoms with van der Waals surface area (Å²) in [5.41, 5.74) is 0. The van der Waals surface area contributed by atoms with E-state index in [1.165, 1.54) is 0 Å². The Morgan fingerprint density at radius 2 is 1.94 bits per heavy atom. The van der Waals surface area contributed by atoms with Gasteiger partial charge in [-0.25, -0.2) is 0 Å². The third kappa shape index (κ3) is 8.32.